The van der Waals surface area contributed by atoms with Gasteiger partial charge in [-0.15, -0.1) is 0 Å². The molecule has 0 unspecified atom stereocenters. The molecule has 0 radical (unpaired) electrons. The molecule has 0 fully saturated rings. The summed E-state index contributed by atoms with van der Waals surface area (Å²) in [7, 11) is 2.13. The summed E-state index contributed by atoms with van der Waals surface area (Å²) in [5.74, 6) is 0. The van der Waals surface area contributed by atoms with Crippen molar-refractivity contribution in [2.45, 2.75) is 33.6 Å². The largest absolute Gasteiger partial charge is 0.373 e. The lowest BCUT2D eigenvalue weighted by Crippen LogP contribution is -2.24. The first-order valence-electron chi connectivity index (χ1n) is 5.44. The fourth-order valence-electron chi connectivity index (χ4n) is 1.78. The molecule has 1 aliphatic rings. The van der Waals surface area contributed by atoms with Crippen molar-refractivity contribution in [3.63, 3.8) is 0 Å². The van der Waals surface area contributed by atoms with Crippen molar-refractivity contribution in [1.82, 2.24) is 4.98 Å². The summed E-state index contributed by atoms with van der Waals surface area (Å²) in [6, 6.07) is 2.20. The van der Waals surface area contributed by atoms with Gasteiger partial charge in [0.05, 0.1) is 11.9 Å². The van der Waals surface area contributed by atoms with E-state index in [4.69, 9.17) is 0 Å². The van der Waals surface area contributed by atoms with Crippen LogP contribution in [0.25, 0.3) is 0 Å². The van der Waals surface area contributed by atoms with Gasteiger partial charge in [-0.05, 0) is 31.4 Å². The average molecular weight is 192 g/mol. The molecule has 0 N–H and O–H groups in total. The Morgan fingerprint density at radius 1 is 1.36 bits per heavy atom. The lowest BCUT2D eigenvalue weighted by molar-refractivity contribution is 0.739. The van der Waals surface area contributed by atoms with Gasteiger partial charge >= 0.3 is 0 Å². The summed E-state index contributed by atoms with van der Waals surface area (Å²) in [5, 5.41) is 0. The summed E-state index contributed by atoms with van der Waals surface area (Å²) in [5.41, 5.74) is 3.90. The van der Waals surface area contributed by atoms with Crippen molar-refractivity contribution >= 4 is 5.69 Å². The highest BCUT2D eigenvalue weighted by atomic mass is 15.1. The van der Waals surface area contributed by atoms with Gasteiger partial charge < -0.3 is 4.90 Å². The van der Waals surface area contributed by atoms with E-state index in [1.807, 2.05) is 20.0 Å². The van der Waals surface area contributed by atoms with Crippen LogP contribution in [0.4, 0.5) is 5.69 Å². The van der Waals surface area contributed by atoms with Crippen molar-refractivity contribution in [3.8, 4) is 0 Å². The van der Waals surface area contributed by atoms with Crippen molar-refractivity contribution in [3.05, 3.63) is 23.5 Å². The molecule has 0 saturated carbocycles. The molecule has 0 saturated heterocycles. The van der Waals surface area contributed by atoms with E-state index in [-0.39, 0.29) is 0 Å². The van der Waals surface area contributed by atoms with Gasteiger partial charge in [-0.2, -0.15) is 0 Å². The van der Waals surface area contributed by atoms with E-state index in [2.05, 4.69) is 29.9 Å². The zero-order valence-corrected chi connectivity index (χ0v) is 9.67. The number of pyridine rings is 1. The summed E-state index contributed by atoms with van der Waals surface area (Å²) in [6.07, 6.45) is 4.47. The first-order valence-corrected chi connectivity index (χ1v) is 5.44. The number of rotatable bonds is 0. The molecule has 14 heavy (non-hydrogen) atoms. The lowest BCUT2D eigenvalue weighted by Gasteiger charge is -2.26. The van der Waals surface area contributed by atoms with E-state index in [1.54, 1.807) is 0 Å². The van der Waals surface area contributed by atoms with E-state index in [0.29, 0.717) is 0 Å². The second-order valence-electron chi connectivity index (χ2n) is 3.48. The number of nitrogens with zero attached hydrogens (tertiary/aromatic N) is 2. The van der Waals surface area contributed by atoms with Gasteiger partial charge in [0.1, 0.15) is 0 Å². The Labute approximate surface area is 87.0 Å². The zero-order valence-electron chi connectivity index (χ0n) is 9.67. The summed E-state index contributed by atoms with van der Waals surface area (Å²) < 4.78 is 0. The molecular formula is C12H20N2. The maximum Gasteiger partial charge on any atom is 0.0582 e. The Bertz CT molecular complexity index is 294. The highest BCUT2D eigenvalue weighted by Gasteiger charge is 2.13. The van der Waals surface area contributed by atoms with Crippen LogP contribution in [-0.4, -0.2) is 18.6 Å². The van der Waals surface area contributed by atoms with Crippen LogP contribution < -0.4 is 4.90 Å². The first-order chi connectivity index (χ1) is 6.77. The molecule has 2 nitrogen and oxygen atoms in total. The number of aromatic nitrogens is 1. The molecule has 0 atom stereocenters. The fourth-order valence-corrected chi connectivity index (χ4v) is 1.78. The molecule has 2 heterocycles. The third kappa shape index (κ3) is 2.25. The number of hydrogen-bond donors (Lipinski definition) is 0. The summed E-state index contributed by atoms with van der Waals surface area (Å²) in [6.45, 7) is 7.21. The minimum absolute atomic E-state index is 1.13. The van der Waals surface area contributed by atoms with Crippen molar-refractivity contribution in [1.29, 1.82) is 0 Å². The summed E-state index contributed by atoms with van der Waals surface area (Å²) in [4.78, 5) is 6.58. The normalized spacial score (nSPS) is 14.1. The van der Waals surface area contributed by atoms with Crippen molar-refractivity contribution in [2.75, 3.05) is 18.5 Å². The van der Waals surface area contributed by atoms with Crippen LogP contribution in [0.1, 0.15) is 31.5 Å². The standard InChI is InChI=1S/C10H14N2.C2H6/c1-8-6-9-4-3-5-12(2)10(9)7-11-8;1-2/h6-7H,3-5H2,1-2H3;1-2H3. The minimum Gasteiger partial charge on any atom is -0.373 e. The van der Waals surface area contributed by atoms with Gasteiger partial charge in [-0.3, -0.25) is 4.98 Å². The fraction of sp³-hybridized carbons (Fsp3) is 0.583. The first kappa shape index (κ1) is 11.0. The molecule has 0 amide bonds. The van der Waals surface area contributed by atoms with Crippen molar-refractivity contribution < 1.29 is 0 Å². The van der Waals surface area contributed by atoms with E-state index in [1.165, 1.54) is 24.1 Å². The van der Waals surface area contributed by atoms with Gasteiger partial charge in [-0.25, -0.2) is 0 Å². The van der Waals surface area contributed by atoms with Gasteiger partial charge in [0.2, 0.25) is 0 Å². The molecule has 2 rings (SSSR count). The van der Waals surface area contributed by atoms with E-state index in [0.717, 1.165) is 12.2 Å². The molecule has 0 aromatic carbocycles. The maximum absolute atomic E-state index is 4.30. The molecule has 1 aromatic rings. The second kappa shape index (κ2) is 4.99. The van der Waals surface area contributed by atoms with Crippen LogP contribution in [0, 0.1) is 6.92 Å². The SMILES string of the molecule is CC.Cc1cc2c(cn1)N(C)CCC2. The Morgan fingerprint density at radius 3 is 2.79 bits per heavy atom. The molecule has 1 aliphatic heterocycles. The maximum atomic E-state index is 4.30. The lowest BCUT2D eigenvalue weighted by atomic mass is 10.0. The van der Waals surface area contributed by atoms with E-state index >= 15 is 0 Å². The van der Waals surface area contributed by atoms with Gasteiger partial charge in [-0.1, -0.05) is 13.8 Å². The smallest absolute Gasteiger partial charge is 0.0582 e. The highest BCUT2D eigenvalue weighted by Crippen LogP contribution is 2.24. The molecular weight excluding hydrogens is 172 g/mol. The van der Waals surface area contributed by atoms with Crippen LogP contribution in [0.2, 0.25) is 0 Å². The molecule has 0 bridgehead atoms. The highest BCUT2D eigenvalue weighted by molar-refractivity contribution is 5.53. The molecule has 1 aromatic heterocycles. The van der Waals surface area contributed by atoms with Crippen LogP contribution in [-0.2, 0) is 6.42 Å². The Morgan fingerprint density at radius 2 is 2.07 bits per heavy atom. The summed E-state index contributed by atoms with van der Waals surface area (Å²) >= 11 is 0. The molecule has 78 valence electrons. The van der Waals surface area contributed by atoms with Crippen LogP contribution in [0.3, 0.4) is 0 Å². The second-order valence-corrected chi connectivity index (χ2v) is 3.48. The number of anilines is 1. The minimum atomic E-state index is 1.13. The predicted octanol–water partition coefficient (Wildman–Crippen LogP) is 2.80. The topological polar surface area (TPSA) is 16.1 Å². The Hall–Kier alpha value is -1.05. The van der Waals surface area contributed by atoms with Crippen LogP contribution in [0.15, 0.2) is 12.3 Å². The Balaban J connectivity index is 0.000000461. The van der Waals surface area contributed by atoms with Gasteiger partial charge in [0.15, 0.2) is 0 Å². The molecule has 0 spiro atoms. The third-order valence-electron chi connectivity index (χ3n) is 2.45. The number of fused-ring (bicyclic) bond motifs is 1. The number of hydrogen-bond acceptors (Lipinski definition) is 2. The average Bonchev–Trinajstić information content (AvgIpc) is 2.21. The monoisotopic (exact) mass is 192 g/mol. The Kier molecular flexibility index (Phi) is 3.93. The van der Waals surface area contributed by atoms with Crippen LogP contribution in [0.5, 0.6) is 0 Å². The predicted molar refractivity (Wildman–Crippen MR) is 61.9 cm³/mol. The van der Waals surface area contributed by atoms with E-state index in [9.17, 15) is 0 Å². The van der Waals surface area contributed by atoms with E-state index < -0.39 is 0 Å². The molecule has 0 aliphatic carbocycles. The quantitative estimate of drug-likeness (QED) is 0.628. The number of aryl methyl sites for hydroxylation is 2. The van der Waals surface area contributed by atoms with Gasteiger partial charge in [0.25, 0.3) is 0 Å². The van der Waals surface area contributed by atoms with Crippen molar-refractivity contribution in [2.24, 2.45) is 0 Å². The third-order valence-corrected chi connectivity index (χ3v) is 2.45. The van der Waals surface area contributed by atoms with Gasteiger partial charge in [0, 0.05) is 19.3 Å². The molecule has 2 heteroatoms. The zero-order chi connectivity index (χ0) is 10.6. The van der Waals surface area contributed by atoms with Crippen LogP contribution >= 0.6 is 0 Å².